The predicted molar refractivity (Wildman–Crippen MR) is 90.9 cm³/mol. The van der Waals surface area contributed by atoms with Crippen LogP contribution in [-0.4, -0.2) is 47.1 Å². The second-order valence-corrected chi connectivity index (χ2v) is 6.03. The standard InChI is InChI=1S/C18H24N2O5/c21-16-10-6-12-20(16)15(17(22)23)9-4-5-11-19-18(24)25-13-14-7-2-1-3-8-14/h1-3,7-8,15H,4-6,9-13H2,(H,19,24)(H,22,23). The molecular formula is C18H24N2O5. The van der Waals surface area contributed by atoms with E-state index in [9.17, 15) is 19.5 Å². The van der Waals surface area contributed by atoms with Gasteiger partial charge in [0.25, 0.3) is 0 Å². The zero-order valence-electron chi connectivity index (χ0n) is 14.1. The van der Waals surface area contributed by atoms with Crippen molar-refractivity contribution in [2.75, 3.05) is 13.1 Å². The van der Waals surface area contributed by atoms with E-state index < -0.39 is 18.1 Å². The van der Waals surface area contributed by atoms with Gasteiger partial charge in [0, 0.05) is 19.5 Å². The first kappa shape index (κ1) is 18.8. The summed E-state index contributed by atoms with van der Waals surface area (Å²) >= 11 is 0. The highest BCUT2D eigenvalue weighted by Gasteiger charge is 2.32. The van der Waals surface area contributed by atoms with Crippen LogP contribution in [0.3, 0.4) is 0 Å². The van der Waals surface area contributed by atoms with Crippen molar-refractivity contribution >= 4 is 18.0 Å². The summed E-state index contributed by atoms with van der Waals surface area (Å²) in [5.74, 6) is -1.06. The van der Waals surface area contributed by atoms with Crippen molar-refractivity contribution in [1.82, 2.24) is 10.2 Å². The van der Waals surface area contributed by atoms with E-state index in [-0.39, 0.29) is 12.5 Å². The molecule has 2 amide bonds. The molecule has 1 aliphatic rings. The van der Waals surface area contributed by atoms with Gasteiger partial charge in [0.15, 0.2) is 0 Å². The second kappa shape index (κ2) is 9.66. The SMILES string of the molecule is O=C(NCCCCC(C(=O)O)N1CCCC1=O)OCc1ccccc1. The lowest BCUT2D eigenvalue weighted by atomic mass is 10.1. The van der Waals surface area contributed by atoms with Crippen molar-refractivity contribution in [3.63, 3.8) is 0 Å². The summed E-state index contributed by atoms with van der Waals surface area (Å²) in [6, 6.07) is 8.63. The molecule has 25 heavy (non-hydrogen) atoms. The summed E-state index contributed by atoms with van der Waals surface area (Å²) in [4.78, 5) is 36.1. The van der Waals surface area contributed by atoms with Gasteiger partial charge in [-0.2, -0.15) is 0 Å². The predicted octanol–water partition coefficient (Wildman–Crippen LogP) is 2.16. The van der Waals surface area contributed by atoms with Crippen LogP contribution in [-0.2, 0) is 20.9 Å². The summed E-state index contributed by atoms with van der Waals surface area (Å²) in [7, 11) is 0. The molecule has 0 saturated carbocycles. The van der Waals surface area contributed by atoms with Gasteiger partial charge < -0.3 is 20.1 Å². The van der Waals surface area contributed by atoms with Crippen LogP contribution in [0.2, 0.25) is 0 Å². The summed E-state index contributed by atoms with van der Waals surface area (Å²) in [5.41, 5.74) is 0.914. The lowest BCUT2D eigenvalue weighted by Gasteiger charge is -2.24. The molecule has 2 N–H and O–H groups in total. The molecule has 1 aromatic carbocycles. The molecule has 0 bridgehead atoms. The van der Waals surface area contributed by atoms with Gasteiger partial charge in [0.05, 0.1) is 0 Å². The van der Waals surface area contributed by atoms with Crippen LogP contribution in [0.4, 0.5) is 4.79 Å². The third-order valence-electron chi connectivity index (χ3n) is 4.16. The number of likely N-dealkylation sites (tertiary alicyclic amines) is 1. The lowest BCUT2D eigenvalue weighted by molar-refractivity contribution is -0.148. The minimum atomic E-state index is -0.967. The zero-order chi connectivity index (χ0) is 18.1. The third-order valence-corrected chi connectivity index (χ3v) is 4.16. The normalized spacial score (nSPS) is 15.0. The largest absolute Gasteiger partial charge is 0.480 e. The number of nitrogens with one attached hydrogen (secondary N) is 1. The highest BCUT2D eigenvalue weighted by Crippen LogP contribution is 2.17. The maximum Gasteiger partial charge on any atom is 0.407 e. The van der Waals surface area contributed by atoms with Crippen LogP contribution in [0.5, 0.6) is 0 Å². The molecule has 1 aromatic rings. The van der Waals surface area contributed by atoms with Gasteiger partial charge in [0.1, 0.15) is 12.6 Å². The van der Waals surface area contributed by atoms with Crippen LogP contribution in [0.25, 0.3) is 0 Å². The van der Waals surface area contributed by atoms with Crippen LogP contribution >= 0.6 is 0 Å². The van der Waals surface area contributed by atoms with E-state index in [1.54, 1.807) is 0 Å². The van der Waals surface area contributed by atoms with Crippen molar-refractivity contribution in [2.45, 2.75) is 44.8 Å². The molecule has 1 unspecified atom stereocenters. The Morgan fingerprint density at radius 2 is 2.00 bits per heavy atom. The van der Waals surface area contributed by atoms with E-state index in [0.717, 1.165) is 12.0 Å². The molecule has 1 fully saturated rings. The average Bonchev–Trinajstić information content (AvgIpc) is 3.02. The number of unbranched alkanes of at least 4 members (excludes halogenated alkanes) is 1. The van der Waals surface area contributed by atoms with E-state index in [1.165, 1.54) is 4.90 Å². The van der Waals surface area contributed by atoms with Gasteiger partial charge in [-0.15, -0.1) is 0 Å². The number of hydrogen-bond acceptors (Lipinski definition) is 4. The Balaban J connectivity index is 1.60. The van der Waals surface area contributed by atoms with E-state index >= 15 is 0 Å². The molecule has 1 saturated heterocycles. The summed E-state index contributed by atoms with van der Waals surface area (Å²) in [6.07, 6.45) is 2.29. The lowest BCUT2D eigenvalue weighted by Crippen LogP contribution is -2.42. The zero-order valence-corrected chi connectivity index (χ0v) is 14.1. The van der Waals surface area contributed by atoms with Gasteiger partial charge >= 0.3 is 12.1 Å². The van der Waals surface area contributed by atoms with Gasteiger partial charge in [-0.25, -0.2) is 9.59 Å². The number of amides is 2. The van der Waals surface area contributed by atoms with E-state index in [1.807, 2.05) is 30.3 Å². The molecule has 2 rings (SSSR count). The number of hydrogen-bond donors (Lipinski definition) is 2. The fraction of sp³-hybridized carbons (Fsp3) is 0.500. The molecule has 1 heterocycles. The number of benzene rings is 1. The number of ether oxygens (including phenoxy) is 1. The molecule has 0 aliphatic carbocycles. The van der Waals surface area contributed by atoms with E-state index in [0.29, 0.717) is 38.8 Å². The molecule has 1 atom stereocenters. The number of carboxylic acid groups (broad SMARTS) is 1. The number of carboxylic acids is 1. The minimum absolute atomic E-state index is 0.0879. The topological polar surface area (TPSA) is 95.9 Å². The first-order valence-corrected chi connectivity index (χ1v) is 8.55. The highest BCUT2D eigenvalue weighted by atomic mass is 16.5. The van der Waals surface area contributed by atoms with E-state index in [2.05, 4.69) is 5.32 Å². The number of nitrogens with zero attached hydrogens (tertiary/aromatic N) is 1. The summed E-state index contributed by atoms with van der Waals surface area (Å²) in [6.45, 7) is 1.14. The first-order chi connectivity index (χ1) is 12.1. The van der Waals surface area contributed by atoms with Gasteiger partial charge in [-0.3, -0.25) is 4.79 Å². The number of aliphatic carboxylic acids is 1. The highest BCUT2D eigenvalue weighted by molar-refractivity contribution is 5.84. The van der Waals surface area contributed by atoms with Crippen LogP contribution in [0.15, 0.2) is 30.3 Å². The number of carbonyl (C=O) groups is 3. The van der Waals surface area contributed by atoms with Crippen molar-refractivity contribution in [3.8, 4) is 0 Å². The van der Waals surface area contributed by atoms with Crippen LogP contribution < -0.4 is 5.32 Å². The van der Waals surface area contributed by atoms with Crippen molar-refractivity contribution in [2.24, 2.45) is 0 Å². The molecule has 0 aromatic heterocycles. The quantitative estimate of drug-likeness (QED) is 0.667. The molecule has 136 valence electrons. The Morgan fingerprint density at radius 1 is 1.24 bits per heavy atom. The maximum absolute atomic E-state index is 11.7. The Kier molecular flexibility index (Phi) is 7.25. The van der Waals surface area contributed by atoms with Crippen molar-refractivity contribution in [1.29, 1.82) is 0 Å². The smallest absolute Gasteiger partial charge is 0.407 e. The summed E-state index contributed by atoms with van der Waals surface area (Å²) in [5, 5.41) is 11.9. The average molecular weight is 348 g/mol. The maximum atomic E-state index is 11.7. The van der Waals surface area contributed by atoms with Crippen molar-refractivity contribution < 1.29 is 24.2 Å². The fourth-order valence-electron chi connectivity index (χ4n) is 2.84. The number of carbonyl (C=O) groups excluding carboxylic acids is 2. The number of rotatable bonds is 9. The van der Waals surface area contributed by atoms with Crippen LogP contribution in [0.1, 0.15) is 37.7 Å². The third kappa shape index (κ3) is 6.10. The fourth-order valence-corrected chi connectivity index (χ4v) is 2.84. The monoisotopic (exact) mass is 348 g/mol. The number of alkyl carbamates (subject to hydrolysis) is 1. The van der Waals surface area contributed by atoms with Gasteiger partial charge in [-0.1, -0.05) is 30.3 Å². The minimum Gasteiger partial charge on any atom is -0.480 e. The summed E-state index contributed by atoms with van der Waals surface area (Å²) < 4.78 is 5.09. The second-order valence-electron chi connectivity index (χ2n) is 6.03. The Morgan fingerprint density at radius 3 is 2.64 bits per heavy atom. The first-order valence-electron chi connectivity index (χ1n) is 8.55. The van der Waals surface area contributed by atoms with Gasteiger partial charge in [0.2, 0.25) is 5.91 Å². The van der Waals surface area contributed by atoms with E-state index in [4.69, 9.17) is 4.74 Å². The Labute approximate surface area is 147 Å². The van der Waals surface area contributed by atoms with Crippen molar-refractivity contribution in [3.05, 3.63) is 35.9 Å². The molecule has 0 spiro atoms. The van der Waals surface area contributed by atoms with Crippen LogP contribution in [0, 0.1) is 0 Å². The Hall–Kier alpha value is -2.57. The molecule has 1 aliphatic heterocycles. The molecule has 0 radical (unpaired) electrons. The molecule has 7 nitrogen and oxygen atoms in total. The molecule has 7 heteroatoms. The Bertz CT molecular complexity index is 590. The van der Waals surface area contributed by atoms with Gasteiger partial charge in [-0.05, 0) is 31.2 Å². The molecular weight excluding hydrogens is 324 g/mol.